The van der Waals surface area contributed by atoms with Gasteiger partial charge in [-0.3, -0.25) is 4.90 Å². The minimum absolute atomic E-state index is 0.157. The zero-order valence-electron chi connectivity index (χ0n) is 14.0. The first-order valence-electron chi connectivity index (χ1n) is 8.20. The summed E-state index contributed by atoms with van der Waals surface area (Å²) in [5.74, 6) is 0.157. The highest BCUT2D eigenvalue weighted by atomic mass is 16.4. The Morgan fingerprint density at radius 1 is 1.04 bits per heavy atom. The molecular formula is C20H21NO3. The van der Waals surface area contributed by atoms with Gasteiger partial charge in [0.2, 0.25) is 0 Å². The van der Waals surface area contributed by atoms with E-state index in [9.17, 15) is 9.90 Å². The van der Waals surface area contributed by atoms with Gasteiger partial charge < -0.3 is 9.52 Å². The van der Waals surface area contributed by atoms with Crippen LogP contribution in [0.15, 0.2) is 57.7 Å². The van der Waals surface area contributed by atoms with Gasteiger partial charge in [0.05, 0.1) is 11.1 Å². The van der Waals surface area contributed by atoms with Crippen LogP contribution in [0, 0.1) is 0 Å². The third-order valence-corrected chi connectivity index (χ3v) is 4.34. The number of phenols is 1. The summed E-state index contributed by atoms with van der Waals surface area (Å²) in [7, 11) is 0. The van der Waals surface area contributed by atoms with Gasteiger partial charge in [-0.1, -0.05) is 44.2 Å². The summed E-state index contributed by atoms with van der Waals surface area (Å²) < 4.78 is 5.61. The maximum atomic E-state index is 12.5. The maximum Gasteiger partial charge on any atom is 0.344 e. The van der Waals surface area contributed by atoms with Gasteiger partial charge in [-0.2, -0.15) is 0 Å². The van der Waals surface area contributed by atoms with Gasteiger partial charge in [0, 0.05) is 11.9 Å². The monoisotopic (exact) mass is 323 g/mol. The van der Waals surface area contributed by atoms with Crippen LogP contribution in [0.5, 0.6) is 5.75 Å². The second-order valence-electron chi connectivity index (χ2n) is 5.76. The van der Waals surface area contributed by atoms with Crippen LogP contribution in [0.2, 0.25) is 0 Å². The highest BCUT2D eigenvalue weighted by Crippen LogP contribution is 2.29. The smallest absolute Gasteiger partial charge is 0.344 e. The Morgan fingerprint density at radius 3 is 2.42 bits per heavy atom. The van der Waals surface area contributed by atoms with E-state index in [0.717, 1.165) is 24.0 Å². The molecule has 0 fully saturated rings. The standard InChI is InChI=1S/C20H21NO3/c1-3-21(4-2)13-17-18(22)11-10-15-12-16(20(23)24-19(15)17)14-8-6-5-7-9-14/h5-12,22H,3-4,13H2,1-2H3. The molecule has 0 aliphatic carbocycles. The lowest BCUT2D eigenvalue weighted by Gasteiger charge is -2.19. The van der Waals surface area contributed by atoms with Crippen molar-refractivity contribution in [1.29, 1.82) is 0 Å². The Hall–Kier alpha value is -2.59. The Balaban J connectivity index is 2.16. The van der Waals surface area contributed by atoms with Crippen LogP contribution >= 0.6 is 0 Å². The molecule has 0 aliphatic heterocycles. The first-order valence-corrected chi connectivity index (χ1v) is 8.20. The summed E-state index contributed by atoms with van der Waals surface area (Å²) in [6.07, 6.45) is 0. The summed E-state index contributed by atoms with van der Waals surface area (Å²) in [5.41, 5.74) is 2.09. The lowest BCUT2D eigenvalue weighted by molar-refractivity contribution is 0.290. The van der Waals surface area contributed by atoms with Gasteiger partial charge in [0.25, 0.3) is 0 Å². The van der Waals surface area contributed by atoms with Gasteiger partial charge in [-0.25, -0.2) is 4.79 Å². The van der Waals surface area contributed by atoms with Gasteiger partial charge >= 0.3 is 5.63 Å². The highest BCUT2D eigenvalue weighted by Gasteiger charge is 2.15. The molecule has 0 amide bonds. The van der Waals surface area contributed by atoms with Crippen LogP contribution in [-0.4, -0.2) is 23.1 Å². The van der Waals surface area contributed by atoms with Crippen molar-refractivity contribution >= 4 is 11.0 Å². The van der Waals surface area contributed by atoms with E-state index >= 15 is 0 Å². The number of aromatic hydroxyl groups is 1. The zero-order chi connectivity index (χ0) is 17.1. The SMILES string of the molecule is CCN(CC)Cc1c(O)ccc2cc(-c3ccccc3)c(=O)oc12. The molecule has 0 radical (unpaired) electrons. The van der Waals surface area contributed by atoms with Gasteiger partial charge in [0.1, 0.15) is 11.3 Å². The second kappa shape index (κ2) is 6.89. The van der Waals surface area contributed by atoms with Gasteiger partial charge in [-0.05, 0) is 36.9 Å². The molecule has 24 heavy (non-hydrogen) atoms. The molecule has 1 N–H and O–H groups in total. The summed E-state index contributed by atoms with van der Waals surface area (Å²) in [6, 6.07) is 14.7. The van der Waals surface area contributed by atoms with E-state index < -0.39 is 0 Å². The molecule has 1 aromatic heterocycles. The summed E-state index contributed by atoms with van der Waals surface area (Å²) >= 11 is 0. The molecule has 0 saturated heterocycles. The minimum atomic E-state index is -0.389. The van der Waals surface area contributed by atoms with E-state index in [1.807, 2.05) is 36.4 Å². The van der Waals surface area contributed by atoms with Crippen molar-refractivity contribution in [3.8, 4) is 16.9 Å². The molecule has 2 aromatic carbocycles. The van der Waals surface area contributed by atoms with E-state index in [4.69, 9.17) is 4.42 Å². The van der Waals surface area contributed by atoms with E-state index in [-0.39, 0.29) is 11.4 Å². The van der Waals surface area contributed by atoms with Crippen LogP contribution in [0.3, 0.4) is 0 Å². The number of phenolic OH excluding ortho intramolecular Hbond substituents is 1. The number of hydrogen-bond acceptors (Lipinski definition) is 4. The molecule has 0 atom stereocenters. The largest absolute Gasteiger partial charge is 0.507 e. The zero-order valence-corrected chi connectivity index (χ0v) is 14.0. The fourth-order valence-electron chi connectivity index (χ4n) is 2.87. The lowest BCUT2D eigenvalue weighted by Crippen LogP contribution is -2.22. The molecule has 4 nitrogen and oxygen atoms in total. The molecule has 3 aromatic rings. The third kappa shape index (κ3) is 3.05. The van der Waals surface area contributed by atoms with Crippen LogP contribution in [0.1, 0.15) is 19.4 Å². The van der Waals surface area contributed by atoms with Crippen LogP contribution in [0.25, 0.3) is 22.1 Å². The number of benzene rings is 2. The lowest BCUT2D eigenvalue weighted by atomic mass is 10.0. The quantitative estimate of drug-likeness (QED) is 0.721. The molecule has 0 unspecified atom stereocenters. The molecule has 4 heteroatoms. The van der Waals surface area contributed by atoms with E-state index in [0.29, 0.717) is 23.3 Å². The van der Waals surface area contributed by atoms with Crippen LogP contribution in [0.4, 0.5) is 0 Å². The predicted molar refractivity (Wildman–Crippen MR) is 96.2 cm³/mol. The molecule has 0 spiro atoms. The van der Waals surface area contributed by atoms with Crippen molar-refractivity contribution < 1.29 is 9.52 Å². The van der Waals surface area contributed by atoms with Gasteiger partial charge in [-0.15, -0.1) is 0 Å². The number of nitrogens with zero attached hydrogens (tertiary/aromatic N) is 1. The molecule has 1 heterocycles. The predicted octanol–water partition coefficient (Wildman–Crippen LogP) is 4.01. The van der Waals surface area contributed by atoms with E-state index in [1.54, 1.807) is 12.1 Å². The average Bonchev–Trinajstić information content (AvgIpc) is 2.61. The minimum Gasteiger partial charge on any atom is -0.507 e. The molecule has 0 bridgehead atoms. The second-order valence-corrected chi connectivity index (χ2v) is 5.76. The van der Waals surface area contributed by atoms with Crippen molar-refractivity contribution in [1.82, 2.24) is 4.90 Å². The molecular weight excluding hydrogens is 302 g/mol. The van der Waals surface area contributed by atoms with E-state index in [2.05, 4.69) is 18.7 Å². The normalized spacial score (nSPS) is 11.3. The Kier molecular flexibility index (Phi) is 4.67. The summed E-state index contributed by atoms with van der Waals surface area (Å²) in [6.45, 7) is 6.39. The Labute approximate surface area is 141 Å². The van der Waals surface area contributed by atoms with Crippen LogP contribution in [-0.2, 0) is 6.54 Å². The average molecular weight is 323 g/mol. The topological polar surface area (TPSA) is 53.7 Å². The Morgan fingerprint density at radius 2 is 1.75 bits per heavy atom. The summed E-state index contributed by atoms with van der Waals surface area (Å²) in [4.78, 5) is 14.6. The van der Waals surface area contributed by atoms with Crippen molar-refractivity contribution in [2.24, 2.45) is 0 Å². The molecule has 3 rings (SSSR count). The fraction of sp³-hybridized carbons (Fsp3) is 0.250. The number of hydrogen-bond donors (Lipinski definition) is 1. The first-order chi connectivity index (χ1) is 11.6. The number of fused-ring (bicyclic) bond motifs is 1. The molecule has 0 saturated carbocycles. The van der Waals surface area contributed by atoms with E-state index in [1.165, 1.54) is 0 Å². The highest BCUT2D eigenvalue weighted by molar-refractivity contribution is 5.85. The molecule has 0 aliphatic rings. The number of rotatable bonds is 5. The Bertz CT molecular complexity index is 896. The fourth-order valence-corrected chi connectivity index (χ4v) is 2.87. The third-order valence-electron chi connectivity index (χ3n) is 4.34. The first kappa shape index (κ1) is 16.3. The van der Waals surface area contributed by atoms with Crippen molar-refractivity contribution in [2.45, 2.75) is 20.4 Å². The van der Waals surface area contributed by atoms with Crippen molar-refractivity contribution in [3.05, 3.63) is 64.5 Å². The molecule has 124 valence electrons. The maximum absolute atomic E-state index is 12.5. The van der Waals surface area contributed by atoms with Crippen LogP contribution < -0.4 is 5.63 Å². The van der Waals surface area contributed by atoms with Crippen molar-refractivity contribution in [3.63, 3.8) is 0 Å². The summed E-state index contributed by atoms with van der Waals surface area (Å²) in [5, 5.41) is 11.1. The van der Waals surface area contributed by atoms with Gasteiger partial charge in [0.15, 0.2) is 0 Å². The van der Waals surface area contributed by atoms with Crippen molar-refractivity contribution in [2.75, 3.05) is 13.1 Å².